The molecule has 0 aliphatic heterocycles. The van der Waals surface area contributed by atoms with Crippen LogP contribution in [0.25, 0.3) is 21.9 Å². The first-order chi connectivity index (χ1) is 11.5. The molecule has 0 bridgehead atoms. The smallest absolute Gasteiger partial charge is 0.355 e. The van der Waals surface area contributed by atoms with E-state index in [-0.39, 0.29) is 17.9 Å². The normalized spacial score (nSPS) is 10.8. The molecule has 2 heterocycles. The third-order valence-corrected chi connectivity index (χ3v) is 4.01. The van der Waals surface area contributed by atoms with E-state index in [0.717, 1.165) is 11.1 Å². The number of esters is 1. The number of rotatable bonds is 3. The van der Waals surface area contributed by atoms with Crippen molar-refractivity contribution in [2.24, 2.45) is 7.05 Å². The van der Waals surface area contributed by atoms with Gasteiger partial charge in [-0.25, -0.2) is 4.79 Å². The number of ether oxygens (including phenoxy) is 1. The number of aromatic nitrogens is 2. The quantitative estimate of drug-likeness (QED) is 0.695. The lowest BCUT2D eigenvalue weighted by atomic mass is 9.97. The summed E-state index contributed by atoms with van der Waals surface area (Å²) in [5.41, 5.74) is 2.65. The summed E-state index contributed by atoms with van der Waals surface area (Å²) in [5, 5.41) is 1.17. The molecule has 0 fully saturated rings. The Morgan fingerprint density at radius 1 is 1.17 bits per heavy atom. The molecule has 3 aromatic rings. The predicted molar refractivity (Wildman–Crippen MR) is 93.1 cm³/mol. The van der Waals surface area contributed by atoms with Crippen molar-refractivity contribution in [1.29, 1.82) is 0 Å². The summed E-state index contributed by atoms with van der Waals surface area (Å²) in [6.45, 7) is 3.99. The summed E-state index contributed by atoms with van der Waals surface area (Å²) in [6.07, 6.45) is 3.15. The van der Waals surface area contributed by atoms with Gasteiger partial charge in [0.05, 0.1) is 12.0 Å². The second kappa shape index (κ2) is 6.28. The molecule has 24 heavy (non-hydrogen) atoms. The Bertz CT molecular complexity index is 972. The zero-order chi connectivity index (χ0) is 17.3. The molecule has 2 aromatic heterocycles. The van der Waals surface area contributed by atoms with Gasteiger partial charge >= 0.3 is 5.97 Å². The first-order valence-electron chi connectivity index (χ1n) is 7.75. The summed E-state index contributed by atoms with van der Waals surface area (Å²) in [7, 11) is 1.58. The number of hydrogen-bond donors (Lipinski definition) is 0. The van der Waals surface area contributed by atoms with Gasteiger partial charge in [0.15, 0.2) is 0 Å². The van der Waals surface area contributed by atoms with E-state index < -0.39 is 5.97 Å². The molecule has 5 heteroatoms. The van der Waals surface area contributed by atoms with E-state index >= 15 is 0 Å². The van der Waals surface area contributed by atoms with E-state index in [0.29, 0.717) is 16.3 Å². The van der Waals surface area contributed by atoms with Crippen LogP contribution >= 0.6 is 0 Å². The van der Waals surface area contributed by atoms with Gasteiger partial charge < -0.3 is 9.30 Å². The van der Waals surface area contributed by atoms with E-state index in [1.54, 1.807) is 26.2 Å². The Balaban J connectivity index is 2.45. The fourth-order valence-corrected chi connectivity index (χ4v) is 2.81. The van der Waals surface area contributed by atoms with Crippen LogP contribution in [0, 0.1) is 6.92 Å². The minimum Gasteiger partial charge on any atom is -0.461 e. The predicted octanol–water partition coefficient (Wildman–Crippen LogP) is 3.09. The molecule has 0 N–H and O–H groups in total. The van der Waals surface area contributed by atoms with Crippen LogP contribution in [-0.2, 0) is 11.8 Å². The van der Waals surface area contributed by atoms with Crippen molar-refractivity contribution < 1.29 is 9.53 Å². The van der Waals surface area contributed by atoms with Gasteiger partial charge in [0.1, 0.15) is 5.69 Å². The number of nitrogens with zero attached hydrogens (tertiary/aromatic N) is 2. The van der Waals surface area contributed by atoms with Gasteiger partial charge in [0.25, 0.3) is 5.56 Å². The second-order valence-electron chi connectivity index (χ2n) is 5.60. The summed E-state index contributed by atoms with van der Waals surface area (Å²) in [5.74, 6) is -0.508. The van der Waals surface area contributed by atoms with Crippen LogP contribution in [0.1, 0.15) is 23.0 Å². The number of fused-ring (bicyclic) bond motifs is 1. The molecule has 122 valence electrons. The zero-order valence-corrected chi connectivity index (χ0v) is 13.9. The number of benzene rings is 1. The van der Waals surface area contributed by atoms with Gasteiger partial charge in [0.2, 0.25) is 0 Å². The van der Waals surface area contributed by atoms with Gasteiger partial charge in [-0.2, -0.15) is 0 Å². The lowest BCUT2D eigenvalue weighted by Crippen LogP contribution is -2.26. The summed E-state index contributed by atoms with van der Waals surface area (Å²) in [4.78, 5) is 29.2. The lowest BCUT2D eigenvalue weighted by Gasteiger charge is -2.16. The van der Waals surface area contributed by atoms with E-state index in [9.17, 15) is 9.59 Å². The minimum absolute atomic E-state index is 0.245. The monoisotopic (exact) mass is 322 g/mol. The maximum atomic E-state index is 12.6. The first-order valence-corrected chi connectivity index (χ1v) is 7.75. The lowest BCUT2D eigenvalue weighted by molar-refractivity contribution is 0.0515. The molecule has 3 rings (SSSR count). The number of carbonyl (C=O) groups excluding carboxylic acids is 1. The zero-order valence-electron chi connectivity index (χ0n) is 13.9. The van der Waals surface area contributed by atoms with Crippen molar-refractivity contribution in [3.8, 4) is 11.1 Å². The molecule has 0 aliphatic carbocycles. The van der Waals surface area contributed by atoms with Crippen LogP contribution in [0.15, 0.2) is 47.5 Å². The maximum Gasteiger partial charge on any atom is 0.355 e. The van der Waals surface area contributed by atoms with Crippen LogP contribution in [0.5, 0.6) is 0 Å². The Kier molecular flexibility index (Phi) is 4.16. The van der Waals surface area contributed by atoms with Gasteiger partial charge in [-0.05, 0) is 25.5 Å². The standard InChI is InChI=1S/C19H18N2O3/c1-4-24-19(23)17-16(13-7-5-12(2)6-8-13)14-9-10-20-11-15(14)18(22)21(17)3/h5-11H,4H2,1-3H3. The average Bonchev–Trinajstić information content (AvgIpc) is 2.59. The summed E-state index contributed by atoms with van der Waals surface area (Å²) >= 11 is 0. The van der Waals surface area contributed by atoms with Crippen LogP contribution < -0.4 is 5.56 Å². The van der Waals surface area contributed by atoms with Crippen LogP contribution in [0.4, 0.5) is 0 Å². The molecular formula is C19H18N2O3. The van der Waals surface area contributed by atoms with Crippen LogP contribution in [0.3, 0.4) is 0 Å². The Morgan fingerprint density at radius 2 is 1.88 bits per heavy atom. The number of carbonyl (C=O) groups is 1. The van der Waals surface area contributed by atoms with Crippen molar-refractivity contribution >= 4 is 16.7 Å². The van der Waals surface area contributed by atoms with Gasteiger partial charge in [-0.1, -0.05) is 29.8 Å². The molecule has 0 radical (unpaired) electrons. The van der Waals surface area contributed by atoms with Crippen LogP contribution in [0.2, 0.25) is 0 Å². The Hall–Kier alpha value is -2.95. The number of hydrogen-bond acceptors (Lipinski definition) is 4. The molecule has 0 atom stereocenters. The van der Waals surface area contributed by atoms with Crippen molar-refractivity contribution in [2.45, 2.75) is 13.8 Å². The van der Waals surface area contributed by atoms with E-state index in [4.69, 9.17) is 4.74 Å². The van der Waals surface area contributed by atoms with E-state index in [1.165, 1.54) is 10.8 Å². The number of pyridine rings is 2. The molecule has 0 saturated heterocycles. The summed E-state index contributed by atoms with van der Waals surface area (Å²) < 4.78 is 6.53. The molecule has 0 spiro atoms. The average molecular weight is 322 g/mol. The Labute approximate surface area is 139 Å². The molecule has 0 aliphatic rings. The molecule has 0 amide bonds. The SMILES string of the molecule is CCOC(=O)c1c(-c2ccc(C)cc2)c2ccncc2c(=O)n1C. The fourth-order valence-electron chi connectivity index (χ4n) is 2.81. The third-order valence-electron chi connectivity index (χ3n) is 4.01. The summed E-state index contributed by atoms with van der Waals surface area (Å²) in [6, 6.07) is 9.59. The largest absolute Gasteiger partial charge is 0.461 e. The van der Waals surface area contributed by atoms with Gasteiger partial charge in [-0.3, -0.25) is 9.78 Å². The molecule has 5 nitrogen and oxygen atoms in total. The molecule has 0 unspecified atom stereocenters. The van der Waals surface area contributed by atoms with Crippen molar-refractivity contribution in [3.63, 3.8) is 0 Å². The fraction of sp³-hybridized carbons (Fsp3) is 0.211. The van der Waals surface area contributed by atoms with E-state index in [1.807, 2.05) is 31.2 Å². The topological polar surface area (TPSA) is 61.2 Å². The van der Waals surface area contributed by atoms with Gasteiger partial charge in [-0.15, -0.1) is 0 Å². The first kappa shape index (κ1) is 15.9. The minimum atomic E-state index is -0.508. The van der Waals surface area contributed by atoms with Crippen molar-refractivity contribution in [2.75, 3.05) is 6.61 Å². The molecule has 1 aromatic carbocycles. The van der Waals surface area contributed by atoms with Crippen LogP contribution in [-0.4, -0.2) is 22.1 Å². The third kappa shape index (κ3) is 2.58. The van der Waals surface area contributed by atoms with Crippen molar-refractivity contribution in [1.82, 2.24) is 9.55 Å². The second-order valence-corrected chi connectivity index (χ2v) is 5.60. The van der Waals surface area contributed by atoms with Gasteiger partial charge in [0, 0.05) is 30.4 Å². The maximum absolute atomic E-state index is 12.6. The highest BCUT2D eigenvalue weighted by molar-refractivity contribution is 6.06. The number of aryl methyl sites for hydroxylation is 1. The highest BCUT2D eigenvalue weighted by Gasteiger charge is 2.22. The molecule has 0 saturated carbocycles. The molecular weight excluding hydrogens is 304 g/mol. The van der Waals surface area contributed by atoms with E-state index in [2.05, 4.69) is 4.98 Å². The van der Waals surface area contributed by atoms with Crippen molar-refractivity contribution in [3.05, 3.63) is 64.3 Å². The Morgan fingerprint density at radius 3 is 2.54 bits per heavy atom. The highest BCUT2D eigenvalue weighted by Crippen LogP contribution is 2.30. The highest BCUT2D eigenvalue weighted by atomic mass is 16.5.